The van der Waals surface area contributed by atoms with Crippen molar-refractivity contribution in [1.29, 1.82) is 0 Å². The maximum Gasteiger partial charge on any atom is 0.181 e. The molecular formula is C22H27NO6. The molecule has 0 aliphatic carbocycles. The fourth-order valence-electron chi connectivity index (χ4n) is 2.81. The fourth-order valence-corrected chi connectivity index (χ4v) is 2.81. The van der Waals surface area contributed by atoms with E-state index in [9.17, 15) is 14.7 Å². The standard InChI is InChI=1S/C22H27NO6/c1-12(2)29-22-17(7-15(13(3)24)10-20(22)28-6)11-23-18-8-16(14(4)25)9-19(27-5)21(18)26/h7-10,12,23,26H,11H2,1-6H3. The summed E-state index contributed by atoms with van der Waals surface area (Å²) in [6.07, 6.45) is -0.111. The summed E-state index contributed by atoms with van der Waals surface area (Å²) in [6, 6.07) is 6.39. The van der Waals surface area contributed by atoms with Gasteiger partial charge in [-0.25, -0.2) is 0 Å². The number of Topliss-reactive ketones (excluding diaryl/α,β-unsaturated/α-hetero) is 2. The van der Waals surface area contributed by atoms with Gasteiger partial charge in [0.15, 0.2) is 34.6 Å². The molecule has 0 bridgehead atoms. The molecule has 7 nitrogen and oxygen atoms in total. The third-order valence-corrected chi connectivity index (χ3v) is 4.28. The van der Waals surface area contributed by atoms with Crippen LogP contribution in [-0.2, 0) is 6.54 Å². The Balaban J connectivity index is 2.48. The summed E-state index contributed by atoms with van der Waals surface area (Å²) < 4.78 is 16.5. The van der Waals surface area contributed by atoms with Crippen molar-refractivity contribution >= 4 is 17.3 Å². The second-order valence-corrected chi connectivity index (χ2v) is 6.87. The first-order valence-electron chi connectivity index (χ1n) is 9.22. The molecule has 0 spiro atoms. The number of hydrogen-bond donors (Lipinski definition) is 2. The molecule has 0 aliphatic heterocycles. The Bertz CT molecular complexity index is 920. The van der Waals surface area contributed by atoms with Gasteiger partial charge in [0.05, 0.1) is 26.0 Å². The van der Waals surface area contributed by atoms with Gasteiger partial charge in [0.2, 0.25) is 0 Å². The number of methoxy groups -OCH3 is 2. The Morgan fingerprint density at radius 3 is 2.03 bits per heavy atom. The molecule has 2 N–H and O–H groups in total. The number of anilines is 1. The largest absolute Gasteiger partial charge is 0.503 e. The monoisotopic (exact) mass is 401 g/mol. The number of carbonyl (C=O) groups excluding carboxylic acids is 2. The lowest BCUT2D eigenvalue weighted by Crippen LogP contribution is -2.12. The smallest absolute Gasteiger partial charge is 0.181 e. The van der Waals surface area contributed by atoms with Crippen LogP contribution in [0.2, 0.25) is 0 Å². The molecular weight excluding hydrogens is 374 g/mol. The van der Waals surface area contributed by atoms with Gasteiger partial charge in [0.1, 0.15) is 0 Å². The molecule has 0 fully saturated rings. The molecule has 7 heteroatoms. The molecule has 0 heterocycles. The van der Waals surface area contributed by atoms with Crippen molar-refractivity contribution in [3.8, 4) is 23.0 Å². The van der Waals surface area contributed by atoms with Crippen LogP contribution in [0.1, 0.15) is 54.0 Å². The highest BCUT2D eigenvalue weighted by atomic mass is 16.5. The molecule has 0 aliphatic rings. The first kappa shape index (κ1) is 22.1. The van der Waals surface area contributed by atoms with Crippen LogP contribution in [0.5, 0.6) is 23.0 Å². The zero-order valence-corrected chi connectivity index (χ0v) is 17.6. The molecule has 0 aromatic heterocycles. The van der Waals surface area contributed by atoms with Crippen LogP contribution in [0.15, 0.2) is 24.3 Å². The second-order valence-electron chi connectivity index (χ2n) is 6.87. The molecule has 0 amide bonds. The molecule has 0 saturated heterocycles. The Labute approximate surface area is 170 Å². The van der Waals surface area contributed by atoms with Gasteiger partial charge in [0, 0.05) is 23.2 Å². The Kier molecular flexibility index (Phi) is 7.09. The van der Waals surface area contributed by atoms with Gasteiger partial charge in [-0.05, 0) is 52.0 Å². The van der Waals surface area contributed by atoms with Crippen molar-refractivity contribution in [2.24, 2.45) is 0 Å². The summed E-state index contributed by atoms with van der Waals surface area (Å²) in [5, 5.41) is 13.5. The zero-order valence-electron chi connectivity index (χ0n) is 17.6. The average molecular weight is 401 g/mol. The van der Waals surface area contributed by atoms with E-state index in [2.05, 4.69) is 5.32 Å². The van der Waals surface area contributed by atoms with E-state index in [1.165, 1.54) is 34.1 Å². The van der Waals surface area contributed by atoms with E-state index in [1.54, 1.807) is 18.2 Å². The highest BCUT2D eigenvalue weighted by Gasteiger charge is 2.18. The third kappa shape index (κ3) is 5.19. The minimum atomic E-state index is -0.157. The van der Waals surface area contributed by atoms with E-state index in [0.717, 1.165) is 0 Å². The van der Waals surface area contributed by atoms with Gasteiger partial charge in [-0.15, -0.1) is 0 Å². The lowest BCUT2D eigenvalue weighted by Gasteiger charge is -2.20. The minimum Gasteiger partial charge on any atom is -0.503 e. The van der Waals surface area contributed by atoms with Gasteiger partial charge in [-0.3, -0.25) is 9.59 Å². The van der Waals surface area contributed by atoms with Crippen LogP contribution >= 0.6 is 0 Å². The lowest BCUT2D eigenvalue weighted by atomic mass is 10.0. The number of phenols is 1. The molecule has 2 aromatic rings. The van der Waals surface area contributed by atoms with Crippen molar-refractivity contribution < 1.29 is 28.9 Å². The van der Waals surface area contributed by atoms with Crippen molar-refractivity contribution in [1.82, 2.24) is 0 Å². The van der Waals surface area contributed by atoms with E-state index >= 15 is 0 Å². The zero-order chi connectivity index (χ0) is 21.7. The summed E-state index contributed by atoms with van der Waals surface area (Å²) in [6.45, 7) is 6.91. The van der Waals surface area contributed by atoms with Crippen molar-refractivity contribution in [2.75, 3.05) is 19.5 Å². The van der Waals surface area contributed by atoms with Crippen molar-refractivity contribution in [2.45, 2.75) is 40.3 Å². The second kappa shape index (κ2) is 9.32. The Morgan fingerprint density at radius 2 is 1.52 bits per heavy atom. The molecule has 0 saturated carbocycles. The minimum absolute atomic E-state index is 0.108. The number of rotatable bonds is 9. The molecule has 29 heavy (non-hydrogen) atoms. The van der Waals surface area contributed by atoms with Crippen molar-refractivity contribution in [3.63, 3.8) is 0 Å². The van der Waals surface area contributed by atoms with Crippen LogP contribution in [-0.4, -0.2) is 37.0 Å². The number of ether oxygens (including phenoxy) is 3. The maximum atomic E-state index is 11.9. The molecule has 156 valence electrons. The van der Waals surface area contributed by atoms with E-state index in [-0.39, 0.29) is 35.7 Å². The number of phenolic OH excluding ortho intramolecular Hbond substituents is 1. The van der Waals surface area contributed by atoms with E-state index in [4.69, 9.17) is 14.2 Å². The van der Waals surface area contributed by atoms with Crippen LogP contribution in [0, 0.1) is 0 Å². The van der Waals surface area contributed by atoms with E-state index in [0.29, 0.717) is 33.9 Å². The number of hydrogen-bond acceptors (Lipinski definition) is 7. The van der Waals surface area contributed by atoms with Gasteiger partial charge in [0.25, 0.3) is 0 Å². The SMILES string of the molecule is COc1cc(C(C)=O)cc(NCc2cc(C(C)=O)cc(OC)c2OC(C)C)c1O. The summed E-state index contributed by atoms with van der Waals surface area (Å²) in [4.78, 5) is 23.7. The average Bonchev–Trinajstić information content (AvgIpc) is 2.66. The van der Waals surface area contributed by atoms with Gasteiger partial charge in [-0.1, -0.05) is 0 Å². The topological polar surface area (TPSA) is 94.1 Å². The fraction of sp³-hybridized carbons (Fsp3) is 0.364. The number of ketones is 2. The first-order chi connectivity index (χ1) is 13.7. The third-order valence-electron chi connectivity index (χ3n) is 4.28. The summed E-state index contributed by atoms with van der Waals surface area (Å²) in [7, 11) is 2.93. The maximum absolute atomic E-state index is 11.9. The highest BCUT2D eigenvalue weighted by molar-refractivity contribution is 5.96. The van der Waals surface area contributed by atoms with Crippen LogP contribution in [0.25, 0.3) is 0 Å². The molecule has 2 aromatic carbocycles. The summed E-state index contributed by atoms with van der Waals surface area (Å²) >= 11 is 0. The van der Waals surface area contributed by atoms with Gasteiger partial charge < -0.3 is 24.6 Å². The van der Waals surface area contributed by atoms with E-state index in [1.807, 2.05) is 13.8 Å². The number of nitrogens with one attached hydrogen (secondary N) is 1. The number of aromatic hydroxyl groups is 1. The lowest BCUT2D eigenvalue weighted by molar-refractivity contribution is 0.100. The van der Waals surface area contributed by atoms with Gasteiger partial charge >= 0.3 is 0 Å². The quantitative estimate of drug-likeness (QED) is 0.480. The highest BCUT2D eigenvalue weighted by Crippen LogP contribution is 2.38. The van der Waals surface area contributed by atoms with Crippen LogP contribution in [0.3, 0.4) is 0 Å². The summed E-state index contributed by atoms with van der Waals surface area (Å²) in [5.41, 5.74) is 1.89. The Hall–Kier alpha value is -3.22. The predicted molar refractivity (Wildman–Crippen MR) is 111 cm³/mol. The normalized spacial score (nSPS) is 10.6. The number of benzene rings is 2. The number of carbonyl (C=O) groups is 2. The van der Waals surface area contributed by atoms with Crippen molar-refractivity contribution in [3.05, 3.63) is 41.0 Å². The first-order valence-corrected chi connectivity index (χ1v) is 9.22. The molecule has 0 radical (unpaired) electrons. The Morgan fingerprint density at radius 1 is 0.966 bits per heavy atom. The summed E-state index contributed by atoms with van der Waals surface area (Å²) in [5.74, 6) is 0.767. The molecule has 2 rings (SSSR count). The van der Waals surface area contributed by atoms with E-state index < -0.39 is 0 Å². The van der Waals surface area contributed by atoms with Crippen LogP contribution in [0.4, 0.5) is 5.69 Å². The predicted octanol–water partition coefficient (Wildman–Crippen LogP) is 4.21. The molecule has 0 unspecified atom stereocenters. The van der Waals surface area contributed by atoms with Crippen LogP contribution < -0.4 is 19.5 Å². The molecule has 0 atom stereocenters. The van der Waals surface area contributed by atoms with Gasteiger partial charge in [-0.2, -0.15) is 0 Å².